The van der Waals surface area contributed by atoms with E-state index >= 15 is 0 Å². The number of halogens is 1. The largest absolute Gasteiger partial charge is 0.481 e. The van der Waals surface area contributed by atoms with Gasteiger partial charge in [0.2, 0.25) is 0 Å². The number of benzene rings is 2. The molecule has 0 amide bonds. The van der Waals surface area contributed by atoms with E-state index in [0.717, 1.165) is 16.0 Å². The molecule has 1 N–H and O–H groups in total. The van der Waals surface area contributed by atoms with Crippen molar-refractivity contribution in [3.63, 3.8) is 0 Å². The lowest BCUT2D eigenvalue weighted by atomic mass is 10.1. The van der Waals surface area contributed by atoms with E-state index < -0.39 is 12.6 Å². The van der Waals surface area contributed by atoms with Crippen molar-refractivity contribution in [3.8, 4) is 17.6 Å². The fourth-order valence-electron chi connectivity index (χ4n) is 1.86. The van der Waals surface area contributed by atoms with Crippen molar-refractivity contribution in [3.05, 3.63) is 58.1 Å². The van der Waals surface area contributed by atoms with Crippen molar-refractivity contribution in [2.24, 2.45) is 0 Å². The second-order valence-corrected chi connectivity index (χ2v) is 6.07. The quantitative estimate of drug-likeness (QED) is 0.664. The molecule has 0 bridgehead atoms. The van der Waals surface area contributed by atoms with Gasteiger partial charge in [-0.05, 0) is 49.1 Å². The Bertz CT molecular complexity index is 791. The Morgan fingerprint density at radius 1 is 1.22 bits per heavy atom. The van der Waals surface area contributed by atoms with Crippen LogP contribution < -0.4 is 4.74 Å². The molecular weight excluding hydrogens is 332 g/mol. The number of hydrogen-bond donors (Lipinski definition) is 1. The van der Waals surface area contributed by atoms with Crippen LogP contribution in [0.4, 0.5) is 0 Å². The van der Waals surface area contributed by atoms with E-state index in [2.05, 4.69) is 11.8 Å². The highest BCUT2D eigenvalue weighted by Gasteiger charge is 2.05. The molecule has 0 aromatic heterocycles. The van der Waals surface area contributed by atoms with Crippen LogP contribution in [-0.2, 0) is 4.79 Å². The number of carboxylic acid groups (broad SMARTS) is 1. The van der Waals surface area contributed by atoms with Crippen molar-refractivity contribution in [2.45, 2.75) is 11.8 Å². The lowest BCUT2D eigenvalue weighted by molar-refractivity contribution is -0.139. The SMILES string of the molecule is CSc1ccc(C)c(C#Cc2cc(Cl)ccc2OCC(=O)O)c1. The van der Waals surface area contributed by atoms with Gasteiger partial charge < -0.3 is 9.84 Å². The highest BCUT2D eigenvalue weighted by Crippen LogP contribution is 2.23. The summed E-state index contributed by atoms with van der Waals surface area (Å²) in [5, 5.41) is 9.25. The number of carbonyl (C=O) groups is 1. The van der Waals surface area contributed by atoms with Crippen molar-refractivity contribution in [1.82, 2.24) is 0 Å². The van der Waals surface area contributed by atoms with Gasteiger partial charge in [-0.15, -0.1) is 11.8 Å². The van der Waals surface area contributed by atoms with E-state index in [4.69, 9.17) is 21.4 Å². The molecule has 0 saturated heterocycles. The first-order chi connectivity index (χ1) is 11.0. The molecule has 2 aromatic rings. The van der Waals surface area contributed by atoms with Gasteiger partial charge in [0.1, 0.15) is 5.75 Å². The number of hydrogen-bond acceptors (Lipinski definition) is 3. The molecule has 0 spiro atoms. The molecule has 3 nitrogen and oxygen atoms in total. The molecule has 23 heavy (non-hydrogen) atoms. The predicted octanol–water partition coefficient (Wildman–Crippen LogP) is 4.23. The standard InChI is InChI=1S/C18H15ClO3S/c1-12-3-7-16(23-2)10-13(12)4-5-14-9-15(19)6-8-17(14)22-11-18(20)21/h3,6-10H,11H2,1-2H3,(H,20,21). The zero-order valence-electron chi connectivity index (χ0n) is 12.7. The first kappa shape index (κ1) is 17.3. The van der Waals surface area contributed by atoms with Crippen LogP contribution in [0.25, 0.3) is 0 Å². The number of ether oxygens (including phenoxy) is 1. The Morgan fingerprint density at radius 3 is 2.65 bits per heavy atom. The Kier molecular flexibility index (Phi) is 5.97. The third-order valence-electron chi connectivity index (χ3n) is 3.07. The van der Waals surface area contributed by atoms with Gasteiger partial charge in [-0.3, -0.25) is 0 Å². The minimum Gasteiger partial charge on any atom is -0.481 e. The fraction of sp³-hybridized carbons (Fsp3) is 0.167. The highest BCUT2D eigenvalue weighted by atomic mass is 35.5. The summed E-state index contributed by atoms with van der Waals surface area (Å²) in [4.78, 5) is 11.8. The van der Waals surface area contributed by atoms with Crippen LogP contribution in [0.2, 0.25) is 5.02 Å². The Balaban J connectivity index is 2.36. The van der Waals surface area contributed by atoms with Crippen LogP contribution in [-0.4, -0.2) is 23.9 Å². The topological polar surface area (TPSA) is 46.5 Å². The number of rotatable bonds is 4. The normalized spacial score (nSPS) is 9.87. The summed E-state index contributed by atoms with van der Waals surface area (Å²) in [6.45, 7) is 1.57. The Hall–Kier alpha value is -2.09. The molecule has 118 valence electrons. The smallest absolute Gasteiger partial charge is 0.341 e. The van der Waals surface area contributed by atoms with Gasteiger partial charge in [-0.2, -0.15) is 0 Å². The third-order valence-corrected chi connectivity index (χ3v) is 4.03. The minimum atomic E-state index is -1.04. The summed E-state index contributed by atoms with van der Waals surface area (Å²) < 4.78 is 5.25. The molecular formula is C18H15ClO3S. The van der Waals surface area contributed by atoms with Gasteiger partial charge in [0.15, 0.2) is 6.61 Å². The van der Waals surface area contributed by atoms with Crippen LogP contribution in [0, 0.1) is 18.8 Å². The molecule has 0 aliphatic rings. The molecule has 0 heterocycles. The van der Waals surface area contributed by atoms with Crippen LogP contribution in [0.5, 0.6) is 5.75 Å². The zero-order valence-corrected chi connectivity index (χ0v) is 14.3. The summed E-state index contributed by atoms with van der Waals surface area (Å²) in [5.74, 6) is 5.50. The number of aryl methyl sites for hydroxylation is 1. The summed E-state index contributed by atoms with van der Waals surface area (Å²) in [6.07, 6.45) is 2.01. The maximum absolute atomic E-state index is 10.7. The maximum atomic E-state index is 10.7. The maximum Gasteiger partial charge on any atom is 0.341 e. The number of thioether (sulfide) groups is 1. The summed E-state index contributed by atoms with van der Waals surface area (Å²) >= 11 is 7.65. The van der Waals surface area contributed by atoms with Gasteiger partial charge in [0, 0.05) is 15.5 Å². The number of aliphatic carboxylic acids is 1. The van der Waals surface area contributed by atoms with Gasteiger partial charge in [-0.1, -0.05) is 29.5 Å². The van der Waals surface area contributed by atoms with E-state index in [9.17, 15) is 4.79 Å². The minimum absolute atomic E-state index is 0.406. The van der Waals surface area contributed by atoms with Crippen LogP contribution in [0.1, 0.15) is 16.7 Å². The molecule has 0 saturated carbocycles. The third kappa shape index (κ3) is 4.95. The van der Waals surface area contributed by atoms with Crippen molar-refractivity contribution in [1.29, 1.82) is 0 Å². The first-order valence-corrected chi connectivity index (χ1v) is 8.40. The molecule has 0 radical (unpaired) electrons. The summed E-state index contributed by atoms with van der Waals surface area (Å²) in [5.41, 5.74) is 2.55. The molecule has 2 aromatic carbocycles. The van der Waals surface area contributed by atoms with Gasteiger partial charge in [0.05, 0.1) is 5.56 Å². The molecule has 0 aliphatic heterocycles. The molecule has 0 atom stereocenters. The van der Waals surface area contributed by atoms with Crippen molar-refractivity contribution in [2.75, 3.05) is 12.9 Å². The molecule has 0 aliphatic carbocycles. The van der Waals surface area contributed by atoms with E-state index in [1.165, 1.54) is 0 Å². The monoisotopic (exact) mass is 346 g/mol. The van der Waals surface area contributed by atoms with Crippen LogP contribution in [0.15, 0.2) is 41.3 Å². The predicted molar refractivity (Wildman–Crippen MR) is 93.5 cm³/mol. The number of carboxylic acids is 1. The first-order valence-electron chi connectivity index (χ1n) is 6.80. The Labute approximate surface area is 144 Å². The van der Waals surface area contributed by atoms with E-state index in [1.807, 2.05) is 31.4 Å². The lowest BCUT2D eigenvalue weighted by Crippen LogP contribution is -2.10. The van der Waals surface area contributed by atoms with Crippen LogP contribution in [0.3, 0.4) is 0 Å². The summed E-state index contributed by atoms with van der Waals surface area (Å²) in [6, 6.07) is 11.0. The van der Waals surface area contributed by atoms with Crippen LogP contribution >= 0.6 is 23.4 Å². The average Bonchev–Trinajstić information content (AvgIpc) is 2.53. The van der Waals surface area contributed by atoms with E-state index in [1.54, 1.807) is 30.0 Å². The van der Waals surface area contributed by atoms with Crippen molar-refractivity contribution >= 4 is 29.3 Å². The average molecular weight is 347 g/mol. The van der Waals surface area contributed by atoms with E-state index in [0.29, 0.717) is 16.3 Å². The van der Waals surface area contributed by atoms with Gasteiger partial charge >= 0.3 is 5.97 Å². The van der Waals surface area contributed by atoms with Gasteiger partial charge in [-0.25, -0.2) is 4.79 Å². The van der Waals surface area contributed by atoms with Gasteiger partial charge in [0.25, 0.3) is 0 Å². The molecule has 2 rings (SSSR count). The second kappa shape index (κ2) is 7.96. The molecule has 0 fully saturated rings. The molecule has 5 heteroatoms. The van der Waals surface area contributed by atoms with Crippen molar-refractivity contribution < 1.29 is 14.6 Å². The van der Waals surface area contributed by atoms with E-state index in [-0.39, 0.29) is 0 Å². The highest BCUT2D eigenvalue weighted by molar-refractivity contribution is 7.98. The zero-order chi connectivity index (χ0) is 16.8. The fourth-order valence-corrected chi connectivity index (χ4v) is 2.47. The summed E-state index contributed by atoms with van der Waals surface area (Å²) in [7, 11) is 0. The lowest BCUT2D eigenvalue weighted by Gasteiger charge is -2.06. The molecule has 0 unspecified atom stereocenters. The second-order valence-electron chi connectivity index (χ2n) is 4.75. The Morgan fingerprint density at radius 2 is 1.96 bits per heavy atom.